The Morgan fingerprint density at radius 3 is 2.55 bits per heavy atom. The molecule has 4 heteroatoms. The molecule has 0 aromatic rings. The minimum atomic E-state index is 0. The number of nitrogens with two attached hydrogens (primary N) is 1. The summed E-state index contributed by atoms with van der Waals surface area (Å²) in [4.78, 5) is 2.35. The zero-order valence-corrected chi connectivity index (χ0v) is 7.35. The van der Waals surface area contributed by atoms with Gasteiger partial charge in [0, 0.05) is 26.1 Å². The second-order valence-electron chi connectivity index (χ2n) is 2.62. The lowest BCUT2D eigenvalue weighted by Gasteiger charge is -2.23. The number of nitrogens with zero attached hydrogens (tertiary/aromatic N) is 2. The van der Waals surface area contributed by atoms with Crippen molar-refractivity contribution in [2.75, 3.05) is 32.7 Å². The number of hydrogen-bond donors (Lipinski definition) is 1. The largest absolute Gasteiger partial charge is 1.00 e. The maximum Gasteiger partial charge on any atom is 0.0885 e. The highest BCUT2D eigenvalue weighted by Gasteiger charge is 2.10. The maximum atomic E-state index is 8.31. The lowest BCUT2D eigenvalue weighted by molar-refractivity contribution is -0.663. The number of quaternary nitrogens is 1. The van der Waals surface area contributed by atoms with Crippen LogP contribution in [0, 0.1) is 11.3 Å². The van der Waals surface area contributed by atoms with Crippen molar-refractivity contribution in [1.29, 1.82) is 5.26 Å². The molecule has 3 nitrogen and oxygen atoms in total. The number of rotatable bonds is 2. The molecule has 0 atom stereocenters. The van der Waals surface area contributed by atoms with E-state index in [2.05, 4.69) is 16.3 Å². The van der Waals surface area contributed by atoms with Gasteiger partial charge in [0.1, 0.15) is 0 Å². The van der Waals surface area contributed by atoms with Crippen LogP contribution in [-0.2, 0) is 0 Å². The van der Waals surface area contributed by atoms with Gasteiger partial charge in [-0.3, -0.25) is 4.90 Å². The fourth-order valence-electron chi connectivity index (χ4n) is 1.24. The van der Waals surface area contributed by atoms with Crippen molar-refractivity contribution in [1.82, 2.24) is 4.90 Å². The van der Waals surface area contributed by atoms with Crippen LogP contribution < -0.4 is 17.7 Å². The van der Waals surface area contributed by atoms with E-state index in [0.29, 0.717) is 6.42 Å². The Morgan fingerprint density at radius 1 is 1.36 bits per heavy atom. The van der Waals surface area contributed by atoms with Crippen molar-refractivity contribution in [2.45, 2.75) is 6.42 Å². The summed E-state index contributed by atoms with van der Waals surface area (Å²) in [6.07, 6.45) is 0.681. The van der Waals surface area contributed by atoms with Crippen molar-refractivity contribution in [2.24, 2.45) is 0 Å². The van der Waals surface area contributed by atoms with E-state index in [0.717, 1.165) is 19.6 Å². The van der Waals surface area contributed by atoms with Crippen LogP contribution in [-0.4, -0.2) is 37.6 Å². The summed E-state index contributed by atoms with van der Waals surface area (Å²) in [6, 6.07) is 2.16. The van der Waals surface area contributed by atoms with E-state index in [1.165, 1.54) is 13.1 Å². The Labute approximate surface area is 73.8 Å². The molecule has 11 heavy (non-hydrogen) atoms. The van der Waals surface area contributed by atoms with Crippen LogP contribution in [0.5, 0.6) is 0 Å². The molecule has 0 aliphatic carbocycles. The lowest BCUT2D eigenvalue weighted by Crippen LogP contribution is -3.00. The van der Waals surface area contributed by atoms with Gasteiger partial charge in [-0.15, -0.1) is 0 Å². The van der Waals surface area contributed by atoms with E-state index < -0.39 is 0 Å². The van der Waals surface area contributed by atoms with Crippen LogP contribution >= 0.6 is 0 Å². The number of piperazine rings is 1. The quantitative estimate of drug-likeness (QED) is 0.463. The Morgan fingerprint density at radius 2 is 2.00 bits per heavy atom. The molecular weight excluding hydrogens is 162 g/mol. The first-order valence-electron chi connectivity index (χ1n) is 3.84. The highest BCUT2D eigenvalue weighted by atomic mass is 35.5. The van der Waals surface area contributed by atoms with Gasteiger partial charge in [-0.05, 0) is 0 Å². The average molecular weight is 176 g/mol. The number of hydrogen-bond acceptors (Lipinski definition) is 2. The Kier molecular flexibility index (Phi) is 6.24. The van der Waals surface area contributed by atoms with Crippen molar-refractivity contribution >= 4 is 0 Å². The summed E-state index contributed by atoms with van der Waals surface area (Å²) in [5.41, 5.74) is 0. The fraction of sp³-hybridized carbons (Fsp3) is 0.857. The summed E-state index contributed by atoms with van der Waals surface area (Å²) in [6.45, 7) is 5.67. The molecule has 0 bridgehead atoms. The monoisotopic (exact) mass is 175 g/mol. The van der Waals surface area contributed by atoms with Gasteiger partial charge >= 0.3 is 0 Å². The predicted molar refractivity (Wildman–Crippen MR) is 38.3 cm³/mol. The van der Waals surface area contributed by atoms with Crippen LogP contribution in [0.4, 0.5) is 0 Å². The molecular formula is C7H14ClN3. The van der Waals surface area contributed by atoms with Crippen molar-refractivity contribution in [3.05, 3.63) is 0 Å². The number of nitriles is 1. The summed E-state index contributed by atoms with van der Waals surface area (Å²) in [7, 11) is 0. The molecule has 0 spiro atoms. The third-order valence-corrected chi connectivity index (χ3v) is 1.84. The highest BCUT2D eigenvalue weighted by molar-refractivity contribution is 4.72. The molecule has 0 aromatic heterocycles. The summed E-state index contributed by atoms with van der Waals surface area (Å²) in [5, 5.41) is 10.6. The second-order valence-corrected chi connectivity index (χ2v) is 2.62. The smallest absolute Gasteiger partial charge is 0.0885 e. The molecule has 1 rings (SSSR count). The van der Waals surface area contributed by atoms with Crippen LogP contribution in [0.3, 0.4) is 0 Å². The van der Waals surface area contributed by atoms with E-state index >= 15 is 0 Å². The van der Waals surface area contributed by atoms with Crippen molar-refractivity contribution in [3.63, 3.8) is 0 Å². The lowest BCUT2D eigenvalue weighted by atomic mass is 10.3. The molecule has 0 radical (unpaired) electrons. The molecule has 1 saturated heterocycles. The van der Waals surface area contributed by atoms with Crippen LogP contribution in [0.25, 0.3) is 0 Å². The summed E-state index contributed by atoms with van der Waals surface area (Å²) < 4.78 is 0. The van der Waals surface area contributed by atoms with Crippen LogP contribution in [0.1, 0.15) is 6.42 Å². The predicted octanol–water partition coefficient (Wildman–Crippen LogP) is -4.22. The van der Waals surface area contributed by atoms with Crippen molar-refractivity contribution < 1.29 is 17.7 Å². The van der Waals surface area contributed by atoms with Gasteiger partial charge in [-0.1, -0.05) is 0 Å². The first-order valence-corrected chi connectivity index (χ1v) is 3.84. The van der Waals surface area contributed by atoms with Crippen molar-refractivity contribution in [3.8, 4) is 6.07 Å². The average Bonchev–Trinajstić information content (AvgIpc) is 2.03. The Balaban J connectivity index is 0.000001000. The molecule has 2 N–H and O–H groups in total. The normalized spacial score (nSPS) is 18.5. The van der Waals surface area contributed by atoms with E-state index in [9.17, 15) is 0 Å². The fourth-order valence-corrected chi connectivity index (χ4v) is 1.24. The molecule has 1 aliphatic heterocycles. The Hall–Kier alpha value is -0.300. The first kappa shape index (κ1) is 10.7. The van der Waals surface area contributed by atoms with Gasteiger partial charge in [-0.25, -0.2) is 0 Å². The maximum absolute atomic E-state index is 8.31. The second kappa shape index (κ2) is 6.41. The van der Waals surface area contributed by atoms with Gasteiger partial charge in [0.25, 0.3) is 0 Å². The number of halogens is 1. The zero-order chi connectivity index (χ0) is 7.23. The van der Waals surface area contributed by atoms with Gasteiger partial charge < -0.3 is 17.7 Å². The first-order chi connectivity index (χ1) is 4.93. The molecule has 0 aromatic carbocycles. The van der Waals surface area contributed by atoms with Gasteiger partial charge in [0.15, 0.2) is 0 Å². The zero-order valence-electron chi connectivity index (χ0n) is 6.59. The summed E-state index contributed by atoms with van der Waals surface area (Å²) >= 11 is 0. The minimum absolute atomic E-state index is 0. The SMILES string of the molecule is N#CCCN1CC[NH2+]CC1.[Cl-]. The van der Waals surface area contributed by atoms with Crippen LogP contribution in [0.2, 0.25) is 0 Å². The van der Waals surface area contributed by atoms with E-state index in [-0.39, 0.29) is 12.4 Å². The molecule has 0 unspecified atom stereocenters. The topological polar surface area (TPSA) is 43.6 Å². The summed E-state index contributed by atoms with van der Waals surface area (Å²) in [5.74, 6) is 0. The van der Waals surface area contributed by atoms with Crippen LogP contribution in [0.15, 0.2) is 0 Å². The minimum Gasteiger partial charge on any atom is -1.00 e. The van der Waals surface area contributed by atoms with E-state index in [1.54, 1.807) is 0 Å². The molecule has 1 heterocycles. The standard InChI is InChI=1S/C7H13N3.ClH/c8-2-1-5-10-6-3-9-4-7-10;/h9H,1,3-7H2;1H. The third-order valence-electron chi connectivity index (χ3n) is 1.84. The Bertz CT molecular complexity index is 126. The third kappa shape index (κ3) is 4.20. The van der Waals surface area contributed by atoms with E-state index in [4.69, 9.17) is 5.26 Å². The van der Waals surface area contributed by atoms with Gasteiger partial charge in [-0.2, -0.15) is 5.26 Å². The van der Waals surface area contributed by atoms with Gasteiger partial charge in [0.05, 0.1) is 19.2 Å². The molecule has 0 saturated carbocycles. The molecule has 1 aliphatic rings. The van der Waals surface area contributed by atoms with Gasteiger partial charge in [0.2, 0.25) is 0 Å². The molecule has 1 fully saturated rings. The molecule has 0 amide bonds. The highest BCUT2D eigenvalue weighted by Crippen LogP contribution is 1.89. The van der Waals surface area contributed by atoms with E-state index in [1.807, 2.05) is 0 Å². The molecule has 64 valence electrons.